The summed E-state index contributed by atoms with van der Waals surface area (Å²) in [5.74, 6) is -2.86. The van der Waals surface area contributed by atoms with Crippen molar-refractivity contribution in [2.24, 2.45) is 0 Å². The maximum absolute atomic E-state index is 14.1. The van der Waals surface area contributed by atoms with Crippen molar-refractivity contribution in [3.63, 3.8) is 0 Å². The second-order valence-electron chi connectivity index (χ2n) is 4.85. The van der Waals surface area contributed by atoms with Gasteiger partial charge in [0.1, 0.15) is 0 Å². The van der Waals surface area contributed by atoms with E-state index in [2.05, 4.69) is 0 Å². The highest BCUT2D eigenvalue weighted by atomic mass is 19.3. The van der Waals surface area contributed by atoms with Crippen LogP contribution in [0.1, 0.15) is 24.8 Å². The Balaban J connectivity index is 2.04. The number of hydrogen-bond acceptors (Lipinski definition) is 2. The lowest BCUT2D eigenvalue weighted by Gasteiger charge is -2.39. The van der Waals surface area contributed by atoms with Crippen molar-refractivity contribution in [3.05, 3.63) is 35.9 Å². The third-order valence-electron chi connectivity index (χ3n) is 3.58. The van der Waals surface area contributed by atoms with E-state index in [0.29, 0.717) is 6.54 Å². The Morgan fingerprint density at radius 3 is 2.39 bits per heavy atom. The standard InChI is InChI=1S/C14H19F2NO/c15-14(16,12-5-2-1-3-6-12)11-17(9-10-18)13-7-4-8-13/h1-3,5-6,13,18H,4,7-11H2. The predicted molar refractivity (Wildman–Crippen MR) is 66.6 cm³/mol. The number of hydrogen-bond donors (Lipinski definition) is 1. The molecular formula is C14H19F2NO. The summed E-state index contributed by atoms with van der Waals surface area (Å²) in [6.45, 7) is -0.0449. The molecule has 1 fully saturated rings. The minimum absolute atomic E-state index is 0.0484. The lowest BCUT2D eigenvalue weighted by Crippen LogP contribution is -2.46. The van der Waals surface area contributed by atoms with Gasteiger partial charge in [-0.25, -0.2) is 0 Å². The summed E-state index contributed by atoms with van der Waals surface area (Å²) in [6.07, 6.45) is 3.03. The highest BCUT2D eigenvalue weighted by Crippen LogP contribution is 2.32. The number of benzene rings is 1. The van der Waals surface area contributed by atoms with Crippen LogP contribution in [0.2, 0.25) is 0 Å². The van der Waals surface area contributed by atoms with E-state index < -0.39 is 5.92 Å². The van der Waals surface area contributed by atoms with E-state index in [-0.39, 0.29) is 24.8 Å². The van der Waals surface area contributed by atoms with Gasteiger partial charge >= 0.3 is 0 Å². The summed E-state index contributed by atoms with van der Waals surface area (Å²) in [5, 5.41) is 8.99. The van der Waals surface area contributed by atoms with Crippen molar-refractivity contribution in [1.29, 1.82) is 0 Å². The molecule has 0 unspecified atom stereocenters. The Bertz CT molecular complexity index is 365. The number of rotatable bonds is 6. The van der Waals surface area contributed by atoms with Gasteiger partial charge in [-0.1, -0.05) is 36.8 Å². The molecule has 1 aromatic rings. The highest BCUT2D eigenvalue weighted by molar-refractivity contribution is 5.20. The van der Waals surface area contributed by atoms with Crippen LogP contribution < -0.4 is 0 Å². The van der Waals surface area contributed by atoms with Gasteiger partial charge in [-0.15, -0.1) is 0 Å². The number of aliphatic hydroxyl groups is 1. The maximum atomic E-state index is 14.1. The molecule has 0 aliphatic heterocycles. The molecule has 100 valence electrons. The van der Waals surface area contributed by atoms with Crippen LogP contribution in [0, 0.1) is 0 Å². The lowest BCUT2D eigenvalue weighted by molar-refractivity contribution is -0.0599. The fourth-order valence-electron chi connectivity index (χ4n) is 2.30. The van der Waals surface area contributed by atoms with Gasteiger partial charge in [0.25, 0.3) is 5.92 Å². The molecule has 2 rings (SSSR count). The topological polar surface area (TPSA) is 23.5 Å². The Hall–Kier alpha value is -1.00. The largest absolute Gasteiger partial charge is 0.395 e. The minimum Gasteiger partial charge on any atom is -0.395 e. The molecule has 18 heavy (non-hydrogen) atoms. The van der Waals surface area contributed by atoms with Crippen LogP contribution in [0.3, 0.4) is 0 Å². The van der Waals surface area contributed by atoms with Crippen molar-refractivity contribution in [2.45, 2.75) is 31.2 Å². The second-order valence-corrected chi connectivity index (χ2v) is 4.85. The average molecular weight is 255 g/mol. The van der Waals surface area contributed by atoms with Crippen LogP contribution in [0.25, 0.3) is 0 Å². The van der Waals surface area contributed by atoms with E-state index in [4.69, 9.17) is 5.11 Å². The van der Waals surface area contributed by atoms with Gasteiger partial charge < -0.3 is 5.11 Å². The summed E-state index contributed by atoms with van der Waals surface area (Å²) in [4.78, 5) is 1.72. The van der Waals surface area contributed by atoms with Gasteiger partial charge in [0.05, 0.1) is 13.2 Å². The fourth-order valence-corrected chi connectivity index (χ4v) is 2.30. The zero-order valence-electron chi connectivity index (χ0n) is 10.4. The van der Waals surface area contributed by atoms with Crippen molar-refractivity contribution < 1.29 is 13.9 Å². The second kappa shape index (κ2) is 5.76. The van der Waals surface area contributed by atoms with Crippen LogP contribution in [0.4, 0.5) is 8.78 Å². The Morgan fingerprint density at radius 1 is 1.22 bits per heavy atom. The zero-order chi connectivity index (χ0) is 13.0. The third kappa shape index (κ3) is 3.06. The first-order valence-corrected chi connectivity index (χ1v) is 6.42. The molecule has 0 radical (unpaired) electrons. The van der Waals surface area contributed by atoms with Gasteiger partial charge in [-0.2, -0.15) is 8.78 Å². The van der Waals surface area contributed by atoms with E-state index in [0.717, 1.165) is 19.3 Å². The van der Waals surface area contributed by atoms with Crippen molar-refractivity contribution >= 4 is 0 Å². The quantitative estimate of drug-likeness (QED) is 0.844. The molecule has 0 atom stereocenters. The summed E-state index contributed by atoms with van der Waals surface area (Å²) in [6, 6.07) is 8.12. The first-order chi connectivity index (χ1) is 8.63. The zero-order valence-corrected chi connectivity index (χ0v) is 10.4. The van der Waals surface area contributed by atoms with Gasteiger partial charge in [-0.3, -0.25) is 4.90 Å². The van der Waals surface area contributed by atoms with Gasteiger partial charge in [0, 0.05) is 18.2 Å². The van der Waals surface area contributed by atoms with E-state index in [1.54, 1.807) is 23.1 Å². The van der Waals surface area contributed by atoms with Crippen molar-refractivity contribution in [3.8, 4) is 0 Å². The van der Waals surface area contributed by atoms with E-state index in [1.165, 1.54) is 12.1 Å². The summed E-state index contributed by atoms with van der Waals surface area (Å²) in [5.41, 5.74) is 0.0484. The molecule has 1 aliphatic rings. The number of aliphatic hydroxyl groups excluding tert-OH is 1. The molecule has 1 aliphatic carbocycles. The summed E-state index contributed by atoms with van der Waals surface area (Å²) >= 11 is 0. The monoisotopic (exact) mass is 255 g/mol. The number of halogens is 2. The smallest absolute Gasteiger partial charge is 0.285 e. The summed E-state index contributed by atoms with van der Waals surface area (Å²) < 4.78 is 28.3. The molecule has 1 N–H and O–H groups in total. The number of alkyl halides is 2. The van der Waals surface area contributed by atoms with E-state index in [9.17, 15) is 8.78 Å². The molecule has 0 saturated heterocycles. The van der Waals surface area contributed by atoms with E-state index in [1.807, 2.05) is 0 Å². The molecule has 0 heterocycles. The molecule has 1 aromatic carbocycles. The van der Waals surface area contributed by atoms with Crippen molar-refractivity contribution in [2.75, 3.05) is 19.7 Å². The van der Waals surface area contributed by atoms with Crippen LogP contribution in [0.15, 0.2) is 30.3 Å². The van der Waals surface area contributed by atoms with Gasteiger partial charge in [-0.05, 0) is 12.8 Å². The Kier molecular flexibility index (Phi) is 4.30. The highest BCUT2D eigenvalue weighted by Gasteiger charge is 2.37. The fraction of sp³-hybridized carbons (Fsp3) is 0.571. The van der Waals surface area contributed by atoms with Crippen LogP contribution in [0.5, 0.6) is 0 Å². The molecule has 4 heteroatoms. The third-order valence-corrected chi connectivity index (χ3v) is 3.58. The molecule has 0 amide bonds. The average Bonchev–Trinajstić information content (AvgIpc) is 2.28. The van der Waals surface area contributed by atoms with Gasteiger partial charge in [0.2, 0.25) is 0 Å². The lowest BCUT2D eigenvalue weighted by atomic mass is 9.91. The molecule has 0 aromatic heterocycles. The SMILES string of the molecule is OCCN(CC(F)(F)c1ccccc1)C1CCC1. The molecule has 2 nitrogen and oxygen atoms in total. The predicted octanol–water partition coefficient (Wildman–Crippen LogP) is 2.63. The minimum atomic E-state index is -2.86. The first-order valence-electron chi connectivity index (χ1n) is 6.42. The first kappa shape index (κ1) is 13.4. The summed E-state index contributed by atoms with van der Waals surface area (Å²) in [7, 11) is 0. The van der Waals surface area contributed by atoms with Gasteiger partial charge in [0.15, 0.2) is 0 Å². The normalized spacial score (nSPS) is 16.9. The van der Waals surface area contributed by atoms with Crippen LogP contribution >= 0.6 is 0 Å². The molecule has 0 spiro atoms. The Morgan fingerprint density at radius 2 is 1.89 bits per heavy atom. The van der Waals surface area contributed by atoms with Crippen LogP contribution in [-0.2, 0) is 5.92 Å². The molecular weight excluding hydrogens is 236 g/mol. The maximum Gasteiger partial charge on any atom is 0.285 e. The van der Waals surface area contributed by atoms with Crippen molar-refractivity contribution in [1.82, 2.24) is 4.90 Å². The Labute approximate surface area is 106 Å². The molecule has 0 bridgehead atoms. The molecule has 1 saturated carbocycles. The van der Waals surface area contributed by atoms with Crippen LogP contribution in [-0.4, -0.2) is 35.7 Å². The van der Waals surface area contributed by atoms with E-state index >= 15 is 0 Å². The number of nitrogens with zero attached hydrogens (tertiary/aromatic N) is 1.